The van der Waals surface area contributed by atoms with Crippen molar-refractivity contribution in [3.8, 4) is 11.5 Å². The van der Waals surface area contributed by atoms with Crippen LogP contribution in [-0.2, 0) is 6.54 Å². The molecular formula is C13H10Cl2FNO. The molecule has 0 saturated heterocycles. The van der Waals surface area contributed by atoms with Crippen molar-refractivity contribution in [1.82, 2.24) is 0 Å². The molecule has 0 atom stereocenters. The Hall–Kier alpha value is -1.29. The molecule has 2 rings (SSSR count). The summed E-state index contributed by atoms with van der Waals surface area (Å²) >= 11 is 11.6. The summed E-state index contributed by atoms with van der Waals surface area (Å²) in [5.41, 5.74) is 6.34. The van der Waals surface area contributed by atoms with E-state index in [1.165, 1.54) is 12.1 Å². The molecule has 0 spiro atoms. The number of para-hydroxylation sites is 1. The van der Waals surface area contributed by atoms with Crippen molar-refractivity contribution in [3.63, 3.8) is 0 Å². The van der Waals surface area contributed by atoms with E-state index < -0.39 is 5.82 Å². The van der Waals surface area contributed by atoms with Crippen molar-refractivity contribution >= 4 is 23.2 Å². The molecule has 2 nitrogen and oxygen atoms in total. The van der Waals surface area contributed by atoms with Crippen LogP contribution in [0.2, 0.25) is 10.0 Å². The molecule has 0 saturated carbocycles. The minimum Gasteiger partial charge on any atom is -0.455 e. The fourth-order valence-electron chi connectivity index (χ4n) is 1.49. The van der Waals surface area contributed by atoms with Crippen LogP contribution in [0, 0.1) is 5.82 Å². The van der Waals surface area contributed by atoms with Gasteiger partial charge in [0.25, 0.3) is 0 Å². The quantitative estimate of drug-likeness (QED) is 0.908. The van der Waals surface area contributed by atoms with Crippen LogP contribution < -0.4 is 10.5 Å². The first-order valence-electron chi connectivity index (χ1n) is 5.22. The van der Waals surface area contributed by atoms with Gasteiger partial charge in [-0.2, -0.15) is 0 Å². The zero-order chi connectivity index (χ0) is 13.1. The predicted octanol–water partition coefficient (Wildman–Crippen LogP) is 4.38. The number of halogens is 3. The normalized spacial score (nSPS) is 10.4. The molecule has 0 bridgehead atoms. The Kier molecular flexibility index (Phi) is 4.07. The zero-order valence-electron chi connectivity index (χ0n) is 9.29. The second-order valence-electron chi connectivity index (χ2n) is 3.61. The van der Waals surface area contributed by atoms with Crippen LogP contribution in [0.1, 0.15) is 5.56 Å². The van der Waals surface area contributed by atoms with Gasteiger partial charge in [0.15, 0.2) is 0 Å². The van der Waals surface area contributed by atoms with E-state index in [1.54, 1.807) is 24.3 Å². The van der Waals surface area contributed by atoms with Crippen molar-refractivity contribution in [1.29, 1.82) is 0 Å². The molecule has 0 unspecified atom stereocenters. The summed E-state index contributed by atoms with van der Waals surface area (Å²) in [5, 5.41) is 0.467. The molecule has 0 fully saturated rings. The van der Waals surface area contributed by atoms with Gasteiger partial charge in [-0.1, -0.05) is 35.3 Å². The lowest BCUT2D eigenvalue weighted by atomic mass is 10.2. The first-order chi connectivity index (χ1) is 8.61. The minimum absolute atomic E-state index is 0.0422. The highest BCUT2D eigenvalue weighted by Crippen LogP contribution is 2.33. The lowest BCUT2D eigenvalue weighted by Gasteiger charge is -2.11. The van der Waals surface area contributed by atoms with E-state index in [0.29, 0.717) is 16.5 Å². The van der Waals surface area contributed by atoms with Crippen molar-refractivity contribution in [2.24, 2.45) is 5.73 Å². The molecule has 2 aromatic rings. The second kappa shape index (κ2) is 5.57. The average molecular weight is 286 g/mol. The van der Waals surface area contributed by atoms with Gasteiger partial charge < -0.3 is 10.5 Å². The largest absolute Gasteiger partial charge is 0.455 e. The third-order valence-corrected chi connectivity index (χ3v) is 2.98. The van der Waals surface area contributed by atoms with Gasteiger partial charge in [-0.15, -0.1) is 0 Å². The maximum atomic E-state index is 13.3. The van der Waals surface area contributed by atoms with Crippen LogP contribution in [0.15, 0.2) is 36.4 Å². The number of benzene rings is 2. The van der Waals surface area contributed by atoms with E-state index in [2.05, 4.69) is 0 Å². The van der Waals surface area contributed by atoms with Crippen LogP contribution in [0.4, 0.5) is 4.39 Å². The molecular weight excluding hydrogens is 276 g/mol. The molecule has 0 aliphatic rings. The van der Waals surface area contributed by atoms with E-state index in [9.17, 15) is 4.39 Å². The number of hydrogen-bond acceptors (Lipinski definition) is 2. The first kappa shape index (κ1) is 13.1. The smallest absolute Gasteiger partial charge is 0.150 e. The third-order valence-electron chi connectivity index (χ3n) is 2.38. The first-order valence-corrected chi connectivity index (χ1v) is 5.97. The van der Waals surface area contributed by atoms with Crippen molar-refractivity contribution < 1.29 is 9.13 Å². The number of ether oxygens (including phenoxy) is 1. The van der Waals surface area contributed by atoms with E-state index in [-0.39, 0.29) is 11.6 Å². The Morgan fingerprint density at radius 2 is 1.89 bits per heavy atom. The molecule has 0 aliphatic heterocycles. The fourth-order valence-corrected chi connectivity index (χ4v) is 1.84. The summed E-state index contributed by atoms with van der Waals surface area (Å²) in [7, 11) is 0. The maximum Gasteiger partial charge on any atom is 0.150 e. The van der Waals surface area contributed by atoms with E-state index >= 15 is 0 Å². The molecule has 18 heavy (non-hydrogen) atoms. The minimum atomic E-state index is -0.546. The summed E-state index contributed by atoms with van der Waals surface area (Å²) < 4.78 is 18.9. The van der Waals surface area contributed by atoms with Gasteiger partial charge in [-0.3, -0.25) is 0 Å². The molecule has 2 N–H and O–H groups in total. The zero-order valence-corrected chi connectivity index (χ0v) is 10.8. The Morgan fingerprint density at radius 3 is 2.56 bits per heavy atom. The molecule has 5 heteroatoms. The van der Waals surface area contributed by atoms with Crippen LogP contribution in [-0.4, -0.2) is 0 Å². The highest BCUT2D eigenvalue weighted by molar-refractivity contribution is 6.32. The van der Waals surface area contributed by atoms with Crippen molar-refractivity contribution in [3.05, 3.63) is 57.8 Å². The van der Waals surface area contributed by atoms with Gasteiger partial charge in [0.2, 0.25) is 0 Å². The lowest BCUT2D eigenvalue weighted by molar-refractivity contribution is 0.471. The summed E-state index contributed by atoms with van der Waals surface area (Å²) in [6, 6.07) is 9.45. The average Bonchev–Trinajstić information content (AvgIpc) is 2.36. The Bertz CT molecular complexity index is 575. The number of hydrogen-bond donors (Lipinski definition) is 1. The maximum absolute atomic E-state index is 13.3. The van der Waals surface area contributed by atoms with Crippen LogP contribution >= 0.6 is 23.2 Å². The molecule has 0 aliphatic carbocycles. The Labute approximate surface area is 114 Å². The molecule has 0 heterocycles. The summed E-state index contributed by atoms with van der Waals surface area (Å²) in [5.74, 6) is 0.207. The van der Waals surface area contributed by atoms with E-state index in [1.807, 2.05) is 0 Å². The van der Waals surface area contributed by atoms with Gasteiger partial charge in [0.1, 0.15) is 17.3 Å². The van der Waals surface area contributed by atoms with Gasteiger partial charge in [-0.05, 0) is 18.2 Å². The second-order valence-corrected chi connectivity index (χ2v) is 4.42. The van der Waals surface area contributed by atoms with Crippen molar-refractivity contribution in [2.75, 3.05) is 0 Å². The predicted molar refractivity (Wildman–Crippen MR) is 70.8 cm³/mol. The topological polar surface area (TPSA) is 35.2 Å². The van der Waals surface area contributed by atoms with Gasteiger partial charge in [-0.25, -0.2) is 4.39 Å². The molecule has 0 aromatic heterocycles. The highest BCUT2D eigenvalue weighted by atomic mass is 35.5. The van der Waals surface area contributed by atoms with E-state index in [4.69, 9.17) is 33.7 Å². The van der Waals surface area contributed by atoms with Crippen molar-refractivity contribution in [2.45, 2.75) is 6.54 Å². The SMILES string of the molecule is NCc1cccc(Cl)c1Oc1ccc(Cl)c(F)c1. The van der Waals surface area contributed by atoms with Gasteiger partial charge in [0.05, 0.1) is 10.0 Å². The Morgan fingerprint density at radius 1 is 1.11 bits per heavy atom. The van der Waals surface area contributed by atoms with Gasteiger partial charge >= 0.3 is 0 Å². The Balaban J connectivity index is 2.36. The van der Waals surface area contributed by atoms with Gasteiger partial charge in [0, 0.05) is 18.2 Å². The van der Waals surface area contributed by atoms with Crippen LogP contribution in [0.25, 0.3) is 0 Å². The summed E-state index contributed by atoms with van der Waals surface area (Å²) in [6.07, 6.45) is 0. The molecule has 2 aromatic carbocycles. The summed E-state index contributed by atoms with van der Waals surface area (Å²) in [6.45, 7) is 0.284. The third kappa shape index (κ3) is 2.75. The standard InChI is InChI=1S/C13H10Cl2FNO/c14-10-5-4-9(6-12(10)16)18-13-8(7-17)2-1-3-11(13)15/h1-6H,7,17H2. The number of nitrogens with two attached hydrogens (primary N) is 1. The molecule has 0 radical (unpaired) electrons. The van der Waals surface area contributed by atoms with Crippen LogP contribution in [0.5, 0.6) is 11.5 Å². The summed E-state index contributed by atoms with van der Waals surface area (Å²) in [4.78, 5) is 0. The monoisotopic (exact) mass is 285 g/mol. The lowest BCUT2D eigenvalue weighted by Crippen LogP contribution is -2.00. The van der Waals surface area contributed by atoms with Crippen LogP contribution in [0.3, 0.4) is 0 Å². The fraction of sp³-hybridized carbons (Fsp3) is 0.0769. The number of rotatable bonds is 3. The van der Waals surface area contributed by atoms with E-state index in [0.717, 1.165) is 5.56 Å². The molecule has 94 valence electrons. The molecule has 0 amide bonds. The highest BCUT2D eigenvalue weighted by Gasteiger charge is 2.10.